The minimum Gasteiger partial charge on any atom is -0.303 e. The largest absolute Gasteiger partial charge is 0.303 e. The van der Waals surface area contributed by atoms with Gasteiger partial charge in [-0.2, -0.15) is 0 Å². The van der Waals surface area contributed by atoms with Gasteiger partial charge in [0.1, 0.15) is 6.29 Å². The highest BCUT2D eigenvalue weighted by molar-refractivity contribution is 8.00. The van der Waals surface area contributed by atoms with Crippen LogP contribution in [-0.2, 0) is 4.79 Å². The zero-order valence-corrected chi connectivity index (χ0v) is 12.3. The molecular formula is C16H22OS. The lowest BCUT2D eigenvalue weighted by Gasteiger charge is -2.26. The predicted molar refractivity (Wildman–Crippen MR) is 80.1 cm³/mol. The van der Waals surface area contributed by atoms with Crippen molar-refractivity contribution in [3.8, 4) is 0 Å². The van der Waals surface area contributed by atoms with Gasteiger partial charge < -0.3 is 4.79 Å². The van der Waals surface area contributed by atoms with Crippen molar-refractivity contribution >= 4 is 18.0 Å². The maximum absolute atomic E-state index is 10.9. The van der Waals surface area contributed by atoms with Crippen LogP contribution in [0.15, 0.2) is 46.9 Å². The molecule has 98 valence electrons. The standard InChI is InChI=1S/C16H22OS/c1-14(2)8-7-11-16(3,12-13-17)18-15-9-5-4-6-10-15/h4-6,8-10,13H,7,11-12H2,1-3H3. The Morgan fingerprint density at radius 3 is 2.50 bits per heavy atom. The number of aldehydes is 1. The number of rotatable bonds is 7. The van der Waals surface area contributed by atoms with Gasteiger partial charge in [-0.1, -0.05) is 29.8 Å². The molecule has 0 radical (unpaired) electrons. The monoisotopic (exact) mass is 262 g/mol. The average Bonchev–Trinajstić information content (AvgIpc) is 2.29. The summed E-state index contributed by atoms with van der Waals surface area (Å²) in [5, 5.41) is 0. The van der Waals surface area contributed by atoms with Gasteiger partial charge in [-0.3, -0.25) is 0 Å². The Balaban J connectivity index is 2.67. The number of allylic oxidation sites excluding steroid dienone is 2. The molecule has 1 atom stereocenters. The molecule has 0 aliphatic carbocycles. The average molecular weight is 262 g/mol. The first-order valence-electron chi connectivity index (χ1n) is 6.37. The topological polar surface area (TPSA) is 17.1 Å². The first kappa shape index (κ1) is 15.0. The van der Waals surface area contributed by atoms with Crippen LogP contribution in [-0.4, -0.2) is 11.0 Å². The summed E-state index contributed by atoms with van der Waals surface area (Å²) < 4.78 is -0.00491. The van der Waals surface area contributed by atoms with Crippen LogP contribution < -0.4 is 0 Å². The van der Waals surface area contributed by atoms with E-state index >= 15 is 0 Å². The zero-order chi connectivity index (χ0) is 13.4. The number of carbonyl (C=O) groups excluding carboxylic acids is 1. The molecule has 0 aliphatic rings. The van der Waals surface area contributed by atoms with Gasteiger partial charge in [-0.15, -0.1) is 11.8 Å². The third kappa shape index (κ3) is 5.54. The molecule has 2 heteroatoms. The quantitative estimate of drug-likeness (QED) is 0.396. The van der Waals surface area contributed by atoms with Crippen LogP contribution in [0.4, 0.5) is 0 Å². The van der Waals surface area contributed by atoms with E-state index in [0.717, 1.165) is 19.1 Å². The Morgan fingerprint density at radius 2 is 1.94 bits per heavy atom. The van der Waals surface area contributed by atoms with Crippen molar-refractivity contribution in [3.05, 3.63) is 42.0 Å². The van der Waals surface area contributed by atoms with Gasteiger partial charge >= 0.3 is 0 Å². The Hall–Kier alpha value is -1.02. The summed E-state index contributed by atoms with van der Waals surface area (Å²) in [4.78, 5) is 12.1. The van der Waals surface area contributed by atoms with Gasteiger partial charge in [0.2, 0.25) is 0 Å². The number of thioether (sulfide) groups is 1. The van der Waals surface area contributed by atoms with Crippen molar-refractivity contribution < 1.29 is 4.79 Å². The minimum absolute atomic E-state index is 0.00491. The highest BCUT2D eigenvalue weighted by Crippen LogP contribution is 2.38. The summed E-state index contributed by atoms with van der Waals surface area (Å²) in [5.74, 6) is 0. The Kier molecular flexibility index (Phi) is 6.20. The summed E-state index contributed by atoms with van der Waals surface area (Å²) in [6.07, 6.45) is 5.94. The van der Waals surface area contributed by atoms with E-state index in [2.05, 4.69) is 39.0 Å². The molecule has 1 rings (SSSR count). The molecule has 0 fully saturated rings. The highest BCUT2D eigenvalue weighted by Gasteiger charge is 2.24. The Morgan fingerprint density at radius 1 is 1.28 bits per heavy atom. The SMILES string of the molecule is CC(C)=CCCC(C)(CC=O)Sc1ccccc1. The van der Waals surface area contributed by atoms with E-state index in [1.165, 1.54) is 10.5 Å². The molecule has 18 heavy (non-hydrogen) atoms. The number of hydrogen-bond acceptors (Lipinski definition) is 2. The fourth-order valence-electron chi connectivity index (χ4n) is 1.81. The van der Waals surface area contributed by atoms with Crippen LogP contribution in [0.25, 0.3) is 0 Å². The van der Waals surface area contributed by atoms with E-state index in [9.17, 15) is 4.79 Å². The van der Waals surface area contributed by atoms with Crippen LogP contribution in [0.2, 0.25) is 0 Å². The highest BCUT2D eigenvalue weighted by atomic mass is 32.2. The van der Waals surface area contributed by atoms with Gasteiger partial charge in [-0.05, 0) is 45.7 Å². The van der Waals surface area contributed by atoms with Crippen molar-refractivity contribution in [2.24, 2.45) is 0 Å². The molecule has 0 N–H and O–H groups in total. The molecule has 0 heterocycles. The number of carbonyl (C=O) groups is 1. The summed E-state index contributed by atoms with van der Waals surface area (Å²) in [7, 11) is 0. The molecular weight excluding hydrogens is 240 g/mol. The Labute approximate surface area is 115 Å². The first-order valence-corrected chi connectivity index (χ1v) is 7.18. The summed E-state index contributed by atoms with van der Waals surface area (Å²) in [6, 6.07) is 10.3. The lowest BCUT2D eigenvalue weighted by Crippen LogP contribution is -2.20. The van der Waals surface area contributed by atoms with Gasteiger partial charge in [0.15, 0.2) is 0 Å². The van der Waals surface area contributed by atoms with Gasteiger partial charge in [0.25, 0.3) is 0 Å². The van der Waals surface area contributed by atoms with E-state index in [-0.39, 0.29) is 4.75 Å². The molecule has 0 bridgehead atoms. The van der Waals surface area contributed by atoms with Crippen molar-refractivity contribution in [2.75, 3.05) is 0 Å². The third-order valence-electron chi connectivity index (χ3n) is 2.85. The van der Waals surface area contributed by atoms with Crippen molar-refractivity contribution in [1.82, 2.24) is 0 Å². The summed E-state index contributed by atoms with van der Waals surface area (Å²) >= 11 is 1.81. The van der Waals surface area contributed by atoms with E-state index in [1.807, 2.05) is 18.2 Å². The van der Waals surface area contributed by atoms with Crippen LogP contribution >= 0.6 is 11.8 Å². The molecule has 1 nitrogen and oxygen atoms in total. The van der Waals surface area contributed by atoms with E-state index in [1.54, 1.807) is 11.8 Å². The lowest BCUT2D eigenvalue weighted by atomic mass is 10.0. The molecule has 1 aromatic rings. The van der Waals surface area contributed by atoms with E-state index in [4.69, 9.17) is 0 Å². The second kappa shape index (κ2) is 7.42. The second-order valence-corrected chi connectivity index (χ2v) is 6.72. The van der Waals surface area contributed by atoms with Crippen molar-refractivity contribution in [2.45, 2.75) is 49.7 Å². The van der Waals surface area contributed by atoms with Crippen LogP contribution in [0, 0.1) is 0 Å². The van der Waals surface area contributed by atoms with Crippen LogP contribution in [0.1, 0.15) is 40.0 Å². The van der Waals surface area contributed by atoms with Gasteiger partial charge in [0, 0.05) is 16.1 Å². The second-order valence-electron chi connectivity index (χ2n) is 5.06. The van der Waals surface area contributed by atoms with Crippen LogP contribution in [0.5, 0.6) is 0 Å². The molecule has 0 amide bonds. The summed E-state index contributed by atoms with van der Waals surface area (Å²) in [6.45, 7) is 6.40. The molecule has 0 aliphatic heterocycles. The lowest BCUT2D eigenvalue weighted by molar-refractivity contribution is -0.108. The molecule has 1 aromatic carbocycles. The fourth-order valence-corrected chi connectivity index (χ4v) is 3.04. The number of benzene rings is 1. The smallest absolute Gasteiger partial charge is 0.121 e. The zero-order valence-electron chi connectivity index (χ0n) is 11.5. The predicted octanol–water partition coefficient (Wildman–Crippen LogP) is 4.87. The molecule has 0 saturated carbocycles. The van der Waals surface area contributed by atoms with E-state index < -0.39 is 0 Å². The molecule has 0 spiro atoms. The number of hydrogen-bond donors (Lipinski definition) is 0. The Bertz CT molecular complexity index is 393. The fraction of sp³-hybridized carbons (Fsp3) is 0.438. The normalized spacial score (nSPS) is 13.7. The molecule has 0 aromatic heterocycles. The maximum Gasteiger partial charge on any atom is 0.121 e. The van der Waals surface area contributed by atoms with Gasteiger partial charge in [0.05, 0.1) is 0 Å². The first-order chi connectivity index (χ1) is 8.56. The van der Waals surface area contributed by atoms with Crippen LogP contribution in [0.3, 0.4) is 0 Å². The van der Waals surface area contributed by atoms with Crippen molar-refractivity contribution in [1.29, 1.82) is 0 Å². The summed E-state index contributed by atoms with van der Waals surface area (Å²) in [5.41, 5.74) is 1.34. The van der Waals surface area contributed by atoms with E-state index in [0.29, 0.717) is 6.42 Å². The van der Waals surface area contributed by atoms with Crippen molar-refractivity contribution in [3.63, 3.8) is 0 Å². The minimum atomic E-state index is -0.00491. The molecule has 0 saturated heterocycles. The molecule has 1 unspecified atom stereocenters. The van der Waals surface area contributed by atoms with Gasteiger partial charge in [-0.25, -0.2) is 0 Å². The third-order valence-corrected chi connectivity index (χ3v) is 4.22. The maximum atomic E-state index is 10.9.